The monoisotopic (exact) mass is 342 g/mol. The molecule has 0 radical (unpaired) electrons. The quantitative estimate of drug-likeness (QED) is 0.548. The summed E-state index contributed by atoms with van der Waals surface area (Å²) in [6.45, 7) is 0. The number of benzene rings is 2. The van der Waals surface area contributed by atoms with E-state index in [1.54, 1.807) is 36.4 Å². The minimum atomic E-state index is -0.691. The fourth-order valence-corrected chi connectivity index (χ4v) is 2.21. The van der Waals surface area contributed by atoms with E-state index in [2.05, 4.69) is 15.9 Å². The number of halogens is 3. The van der Waals surface area contributed by atoms with E-state index in [0.29, 0.717) is 10.6 Å². The van der Waals surface area contributed by atoms with Crippen molar-refractivity contribution in [1.82, 2.24) is 0 Å². The standard InChI is InChI=1S/C14H9BrCl2O/c15-11-5-1-10(2-6-11)14(18)13(17)9-3-7-12(16)8-4-9/h1-8,13H. The van der Waals surface area contributed by atoms with E-state index >= 15 is 0 Å². The van der Waals surface area contributed by atoms with Crippen LogP contribution in [0.25, 0.3) is 0 Å². The third kappa shape index (κ3) is 3.14. The van der Waals surface area contributed by atoms with Crippen LogP contribution in [0.15, 0.2) is 53.0 Å². The van der Waals surface area contributed by atoms with E-state index in [9.17, 15) is 4.79 Å². The molecule has 0 saturated heterocycles. The Balaban J connectivity index is 2.23. The predicted octanol–water partition coefficient (Wildman–Crippen LogP) is 5.27. The number of hydrogen-bond acceptors (Lipinski definition) is 1. The molecule has 0 fully saturated rings. The van der Waals surface area contributed by atoms with Gasteiger partial charge in [-0.2, -0.15) is 0 Å². The lowest BCUT2D eigenvalue weighted by molar-refractivity contribution is 0.0987. The highest BCUT2D eigenvalue weighted by molar-refractivity contribution is 9.10. The van der Waals surface area contributed by atoms with E-state index in [-0.39, 0.29) is 5.78 Å². The molecule has 2 aromatic rings. The summed E-state index contributed by atoms with van der Waals surface area (Å²) in [6.07, 6.45) is 0. The van der Waals surface area contributed by atoms with Crippen LogP contribution < -0.4 is 0 Å². The number of hydrogen-bond donors (Lipinski definition) is 0. The van der Waals surface area contributed by atoms with Crippen LogP contribution in [-0.2, 0) is 0 Å². The minimum Gasteiger partial charge on any atom is -0.292 e. The van der Waals surface area contributed by atoms with E-state index in [1.165, 1.54) is 0 Å². The van der Waals surface area contributed by atoms with Crippen LogP contribution in [0.1, 0.15) is 21.3 Å². The summed E-state index contributed by atoms with van der Waals surface area (Å²) in [5, 5.41) is -0.0675. The molecule has 0 heterocycles. The van der Waals surface area contributed by atoms with Gasteiger partial charge in [-0.05, 0) is 29.8 Å². The van der Waals surface area contributed by atoms with Crippen LogP contribution in [0.5, 0.6) is 0 Å². The molecule has 2 aromatic carbocycles. The minimum absolute atomic E-state index is 0.119. The highest BCUT2D eigenvalue weighted by atomic mass is 79.9. The fourth-order valence-electron chi connectivity index (χ4n) is 1.54. The van der Waals surface area contributed by atoms with Crippen LogP contribution in [0.2, 0.25) is 5.02 Å². The van der Waals surface area contributed by atoms with Gasteiger partial charge in [0.25, 0.3) is 0 Å². The maximum atomic E-state index is 12.2. The topological polar surface area (TPSA) is 17.1 Å². The summed E-state index contributed by atoms with van der Waals surface area (Å²) in [6, 6.07) is 14.1. The van der Waals surface area contributed by atoms with Crippen molar-refractivity contribution in [3.63, 3.8) is 0 Å². The number of rotatable bonds is 3. The average molecular weight is 344 g/mol. The molecule has 0 N–H and O–H groups in total. The number of alkyl halides is 1. The zero-order chi connectivity index (χ0) is 13.1. The lowest BCUT2D eigenvalue weighted by atomic mass is 10.0. The molecule has 18 heavy (non-hydrogen) atoms. The Morgan fingerprint density at radius 2 is 1.56 bits per heavy atom. The molecule has 0 bridgehead atoms. The Kier molecular flexibility index (Phi) is 4.44. The highest BCUT2D eigenvalue weighted by Crippen LogP contribution is 2.26. The van der Waals surface area contributed by atoms with Gasteiger partial charge < -0.3 is 0 Å². The van der Waals surface area contributed by atoms with Crippen molar-refractivity contribution in [1.29, 1.82) is 0 Å². The Bertz CT molecular complexity index is 549. The molecule has 92 valence electrons. The zero-order valence-electron chi connectivity index (χ0n) is 9.24. The Labute approximate surface area is 124 Å². The van der Waals surface area contributed by atoms with E-state index in [4.69, 9.17) is 23.2 Å². The van der Waals surface area contributed by atoms with Crippen molar-refractivity contribution in [2.45, 2.75) is 5.38 Å². The van der Waals surface area contributed by atoms with Gasteiger partial charge in [-0.1, -0.05) is 51.8 Å². The molecule has 2 rings (SSSR count). The van der Waals surface area contributed by atoms with Crippen molar-refractivity contribution in [3.8, 4) is 0 Å². The number of carbonyl (C=O) groups is 1. The summed E-state index contributed by atoms with van der Waals surface area (Å²) in [4.78, 5) is 12.2. The van der Waals surface area contributed by atoms with Crippen molar-refractivity contribution in [2.24, 2.45) is 0 Å². The van der Waals surface area contributed by atoms with Crippen molar-refractivity contribution < 1.29 is 4.79 Å². The third-order valence-electron chi connectivity index (χ3n) is 2.52. The van der Waals surface area contributed by atoms with Gasteiger partial charge in [-0.25, -0.2) is 0 Å². The van der Waals surface area contributed by atoms with Gasteiger partial charge in [0.15, 0.2) is 5.78 Å². The van der Waals surface area contributed by atoms with Crippen molar-refractivity contribution in [3.05, 3.63) is 69.2 Å². The Morgan fingerprint density at radius 3 is 2.11 bits per heavy atom. The Hall–Kier alpha value is -0.830. The second kappa shape index (κ2) is 5.87. The average Bonchev–Trinajstić information content (AvgIpc) is 2.39. The second-order valence-electron chi connectivity index (χ2n) is 3.79. The van der Waals surface area contributed by atoms with Crippen LogP contribution in [0.3, 0.4) is 0 Å². The molecule has 1 atom stereocenters. The largest absolute Gasteiger partial charge is 0.292 e. The van der Waals surface area contributed by atoms with Gasteiger partial charge in [-0.15, -0.1) is 11.6 Å². The molecule has 1 nitrogen and oxygen atoms in total. The molecule has 0 aliphatic carbocycles. The molecule has 0 amide bonds. The first-order valence-corrected chi connectivity index (χ1v) is 6.88. The van der Waals surface area contributed by atoms with Gasteiger partial charge >= 0.3 is 0 Å². The lowest BCUT2D eigenvalue weighted by Crippen LogP contribution is -2.07. The summed E-state index contributed by atoms with van der Waals surface area (Å²) in [5.74, 6) is -0.119. The Morgan fingerprint density at radius 1 is 1.00 bits per heavy atom. The molecule has 1 unspecified atom stereocenters. The SMILES string of the molecule is O=C(c1ccc(Br)cc1)C(Cl)c1ccc(Cl)cc1. The molecule has 0 aromatic heterocycles. The normalized spacial score (nSPS) is 12.2. The van der Waals surface area contributed by atoms with Gasteiger partial charge in [0.1, 0.15) is 5.38 Å². The molecule has 0 aliphatic heterocycles. The highest BCUT2D eigenvalue weighted by Gasteiger charge is 2.19. The summed E-state index contributed by atoms with van der Waals surface area (Å²) < 4.78 is 0.927. The van der Waals surface area contributed by atoms with Crippen LogP contribution in [-0.4, -0.2) is 5.78 Å². The lowest BCUT2D eigenvalue weighted by Gasteiger charge is -2.09. The number of carbonyl (C=O) groups excluding carboxylic acids is 1. The molecular weight excluding hydrogens is 335 g/mol. The van der Waals surface area contributed by atoms with Crippen LogP contribution in [0, 0.1) is 0 Å². The molecule has 0 spiro atoms. The van der Waals surface area contributed by atoms with Crippen molar-refractivity contribution >= 4 is 44.9 Å². The zero-order valence-corrected chi connectivity index (χ0v) is 12.3. The summed E-state index contributed by atoms with van der Waals surface area (Å²) in [5.41, 5.74) is 1.34. The summed E-state index contributed by atoms with van der Waals surface area (Å²) >= 11 is 15.3. The van der Waals surface area contributed by atoms with E-state index in [0.717, 1.165) is 10.0 Å². The van der Waals surface area contributed by atoms with E-state index in [1.807, 2.05) is 12.1 Å². The summed E-state index contributed by atoms with van der Waals surface area (Å²) in [7, 11) is 0. The second-order valence-corrected chi connectivity index (χ2v) is 5.57. The fraction of sp³-hybridized carbons (Fsp3) is 0.0714. The molecular formula is C14H9BrCl2O. The van der Waals surface area contributed by atoms with E-state index < -0.39 is 5.38 Å². The maximum absolute atomic E-state index is 12.2. The number of ketones is 1. The first-order chi connectivity index (χ1) is 8.58. The van der Waals surface area contributed by atoms with Crippen LogP contribution >= 0.6 is 39.1 Å². The molecule has 4 heteroatoms. The van der Waals surface area contributed by atoms with Gasteiger partial charge in [0, 0.05) is 15.1 Å². The first kappa shape index (κ1) is 13.6. The smallest absolute Gasteiger partial charge is 0.185 e. The molecule has 0 aliphatic rings. The van der Waals surface area contributed by atoms with Crippen LogP contribution in [0.4, 0.5) is 0 Å². The van der Waals surface area contributed by atoms with Gasteiger partial charge in [-0.3, -0.25) is 4.79 Å². The third-order valence-corrected chi connectivity index (χ3v) is 3.75. The van der Waals surface area contributed by atoms with Gasteiger partial charge in [0.05, 0.1) is 0 Å². The van der Waals surface area contributed by atoms with Gasteiger partial charge in [0.2, 0.25) is 0 Å². The molecule has 0 saturated carbocycles. The first-order valence-electron chi connectivity index (χ1n) is 5.27. The van der Waals surface area contributed by atoms with Crippen molar-refractivity contribution in [2.75, 3.05) is 0 Å². The number of Topliss-reactive ketones (excluding diaryl/α,β-unsaturated/α-hetero) is 1. The predicted molar refractivity (Wildman–Crippen MR) is 78.5 cm³/mol. The maximum Gasteiger partial charge on any atom is 0.185 e.